The van der Waals surface area contributed by atoms with Crippen molar-refractivity contribution in [2.75, 3.05) is 45.9 Å². The number of halogens is 3. The minimum absolute atomic E-state index is 0.0206. The van der Waals surface area contributed by atoms with E-state index in [1.165, 1.54) is 0 Å². The molecule has 2 aliphatic rings. The number of ether oxygens (including phenoxy) is 1. The fraction of sp³-hybridized carbons (Fsp3) is 0.429. The van der Waals surface area contributed by atoms with Crippen molar-refractivity contribution in [1.29, 1.82) is 0 Å². The standard InChI is InChI=1S/C35H40F3N5O3/c1-3-41-13-15-42(16-14-41)22-26-5-4-24(18-31(26)35(36,37)38)19-33(45)43-12-9-25-6-7-28(21-29(25)23(43)2)46-32-8-11-39-34-30(32)20-27(40-34)10-17-44/h4-8,11,18,20-21,23,44H,3,9-10,12-17,19,22H2,1-2H3,(H,39,40)/t23-/m0/s1. The Morgan fingerprint density at radius 3 is 2.57 bits per heavy atom. The Morgan fingerprint density at radius 2 is 1.83 bits per heavy atom. The molecule has 1 amide bonds. The smallest absolute Gasteiger partial charge is 0.416 e. The van der Waals surface area contributed by atoms with Crippen LogP contribution in [0.5, 0.6) is 11.5 Å². The first-order valence-electron chi connectivity index (χ1n) is 15.9. The van der Waals surface area contributed by atoms with Gasteiger partial charge in [-0.05, 0) is 72.5 Å². The highest BCUT2D eigenvalue weighted by Gasteiger charge is 2.35. The summed E-state index contributed by atoms with van der Waals surface area (Å²) < 4.78 is 48.8. The first kappa shape index (κ1) is 32.0. The number of nitrogens with zero attached hydrogens (tertiary/aromatic N) is 4. The van der Waals surface area contributed by atoms with Gasteiger partial charge in [-0.15, -0.1) is 0 Å². The number of likely N-dealkylation sites (N-methyl/N-ethyl adjacent to an activating group) is 1. The highest BCUT2D eigenvalue weighted by atomic mass is 19.4. The maximum absolute atomic E-state index is 14.2. The van der Waals surface area contributed by atoms with Crippen LogP contribution in [0.4, 0.5) is 13.2 Å². The van der Waals surface area contributed by atoms with E-state index in [4.69, 9.17) is 4.74 Å². The van der Waals surface area contributed by atoms with Crippen LogP contribution in [0.2, 0.25) is 0 Å². The van der Waals surface area contributed by atoms with Gasteiger partial charge in [0.1, 0.15) is 17.1 Å². The first-order valence-corrected chi connectivity index (χ1v) is 15.9. The lowest BCUT2D eigenvalue weighted by Gasteiger charge is -2.36. The van der Waals surface area contributed by atoms with E-state index in [2.05, 4.69) is 26.7 Å². The summed E-state index contributed by atoms with van der Waals surface area (Å²) in [7, 11) is 0. The van der Waals surface area contributed by atoms with Crippen molar-refractivity contribution < 1.29 is 27.8 Å². The number of hydrogen-bond acceptors (Lipinski definition) is 6. The van der Waals surface area contributed by atoms with E-state index in [9.17, 15) is 23.1 Å². The number of amides is 1. The first-order chi connectivity index (χ1) is 22.1. The van der Waals surface area contributed by atoms with Gasteiger partial charge < -0.3 is 24.6 Å². The second-order valence-electron chi connectivity index (χ2n) is 12.2. The van der Waals surface area contributed by atoms with E-state index in [1.54, 1.807) is 29.3 Å². The molecular weight excluding hydrogens is 595 g/mol. The van der Waals surface area contributed by atoms with Gasteiger partial charge in [-0.3, -0.25) is 9.69 Å². The number of carbonyl (C=O) groups excluding carboxylic acids is 1. The molecule has 1 atom stereocenters. The molecule has 11 heteroatoms. The Labute approximate surface area is 266 Å². The van der Waals surface area contributed by atoms with Crippen LogP contribution in [0.15, 0.2) is 54.7 Å². The number of H-pyrrole nitrogens is 1. The van der Waals surface area contributed by atoms with E-state index in [0.29, 0.717) is 42.1 Å². The SMILES string of the molecule is CCN1CCN(Cc2ccc(CC(=O)N3CCc4ccc(Oc5ccnc6[nH]c(CCO)cc56)cc4[C@@H]3C)cc2C(F)(F)F)CC1. The van der Waals surface area contributed by atoms with Gasteiger partial charge in [-0.2, -0.15) is 13.2 Å². The Kier molecular flexibility index (Phi) is 9.35. The van der Waals surface area contributed by atoms with Crippen molar-refractivity contribution in [3.05, 3.63) is 88.2 Å². The van der Waals surface area contributed by atoms with E-state index in [-0.39, 0.29) is 37.1 Å². The molecule has 0 saturated carbocycles. The van der Waals surface area contributed by atoms with Crippen LogP contribution in [-0.4, -0.2) is 81.6 Å². The van der Waals surface area contributed by atoms with Crippen LogP contribution in [0.25, 0.3) is 11.0 Å². The maximum atomic E-state index is 14.2. The van der Waals surface area contributed by atoms with Crippen LogP contribution in [0.3, 0.4) is 0 Å². The molecule has 1 fully saturated rings. The Balaban J connectivity index is 1.16. The molecule has 2 N–H and O–H groups in total. The van der Waals surface area contributed by atoms with Crippen LogP contribution in [-0.2, 0) is 36.8 Å². The number of benzene rings is 2. The number of pyridine rings is 1. The predicted molar refractivity (Wildman–Crippen MR) is 170 cm³/mol. The minimum atomic E-state index is -4.51. The number of rotatable bonds is 9. The third kappa shape index (κ3) is 6.91. The zero-order valence-corrected chi connectivity index (χ0v) is 26.2. The number of fused-ring (bicyclic) bond motifs is 2. The van der Waals surface area contributed by atoms with Gasteiger partial charge in [0.2, 0.25) is 5.91 Å². The molecule has 46 heavy (non-hydrogen) atoms. The molecule has 8 nitrogen and oxygen atoms in total. The predicted octanol–water partition coefficient (Wildman–Crippen LogP) is 5.73. The number of aromatic amines is 1. The van der Waals surface area contributed by atoms with Gasteiger partial charge >= 0.3 is 6.18 Å². The largest absolute Gasteiger partial charge is 0.457 e. The molecule has 0 aliphatic carbocycles. The van der Waals surface area contributed by atoms with Crippen molar-refractivity contribution in [1.82, 2.24) is 24.7 Å². The van der Waals surface area contributed by atoms with E-state index in [0.717, 1.165) is 61.0 Å². The molecule has 0 unspecified atom stereocenters. The molecule has 6 rings (SSSR count). The van der Waals surface area contributed by atoms with Gasteiger partial charge in [-0.25, -0.2) is 4.98 Å². The molecule has 0 radical (unpaired) electrons. The zero-order chi connectivity index (χ0) is 32.4. The lowest BCUT2D eigenvalue weighted by molar-refractivity contribution is -0.139. The third-order valence-electron chi connectivity index (χ3n) is 9.28. The quantitative estimate of drug-likeness (QED) is 0.244. The molecular formula is C35H40F3N5O3. The van der Waals surface area contributed by atoms with E-state index in [1.807, 2.05) is 31.2 Å². The molecule has 244 valence electrons. The fourth-order valence-electron chi connectivity index (χ4n) is 6.64. The second-order valence-corrected chi connectivity index (χ2v) is 12.2. The normalized spacial score (nSPS) is 17.8. The summed E-state index contributed by atoms with van der Waals surface area (Å²) in [4.78, 5) is 27.2. The summed E-state index contributed by atoms with van der Waals surface area (Å²) in [5, 5.41) is 10.1. The van der Waals surface area contributed by atoms with Crippen molar-refractivity contribution in [3.63, 3.8) is 0 Å². The average Bonchev–Trinajstić information content (AvgIpc) is 3.46. The Hall–Kier alpha value is -3.93. The highest BCUT2D eigenvalue weighted by molar-refractivity contribution is 5.84. The summed E-state index contributed by atoms with van der Waals surface area (Å²) >= 11 is 0. The molecule has 0 spiro atoms. The summed E-state index contributed by atoms with van der Waals surface area (Å²) in [6, 6.07) is 13.6. The van der Waals surface area contributed by atoms with Crippen molar-refractivity contribution in [2.45, 2.75) is 51.9 Å². The lowest BCUT2D eigenvalue weighted by atomic mass is 9.92. The maximum Gasteiger partial charge on any atom is 0.416 e. The van der Waals surface area contributed by atoms with Gasteiger partial charge in [0.15, 0.2) is 0 Å². The van der Waals surface area contributed by atoms with Crippen LogP contribution in [0.1, 0.15) is 53.4 Å². The Morgan fingerprint density at radius 1 is 1.04 bits per heavy atom. The molecule has 2 aromatic carbocycles. The van der Waals surface area contributed by atoms with Gasteiger partial charge in [-0.1, -0.05) is 25.1 Å². The van der Waals surface area contributed by atoms with Crippen molar-refractivity contribution >= 4 is 16.9 Å². The number of carbonyl (C=O) groups is 1. The molecule has 2 aliphatic heterocycles. The lowest BCUT2D eigenvalue weighted by Crippen LogP contribution is -2.45. The number of aliphatic hydroxyl groups excluding tert-OH is 1. The minimum Gasteiger partial charge on any atom is -0.457 e. The number of alkyl halides is 3. The highest BCUT2D eigenvalue weighted by Crippen LogP contribution is 2.37. The summed E-state index contributed by atoms with van der Waals surface area (Å²) in [6.45, 7) is 8.89. The Bertz CT molecular complexity index is 1700. The van der Waals surface area contributed by atoms with Crippen molar-refractivity contribution in [2.24, 2.45) is 0 Å². The van der Waals surface area contributed by atoms with Gasteiger partial charge in [0.05, 0.1) is 23.4 Å². The van der Waals surface area contributed by atoms with E-state index >= 15 is 0 Å². The van der Waals surface area contributed by atoms with Crippen LogP contribution >= 0.6 is 0 Å². The topological polar surface area (TPSA) is 84.9 Å². The number of aromatic nitrogens is 2. The fourth-order valence-corrected chi connectivity index (χ4v) is 6.64. The number of nitrogens with one attached hydrogen (secondary N) is 1. The average molecular weight is 636 g/mol. The van der Waals surface area contributed by atoms with Crippen molar-refractivity contribution in [3.8, 4) is 11.5 Å². The molecule has 4 heterocycles. The number of aliphatic hydroxyl groups is 1. The zero-order valence-electron chi connectivity index (χ0n) is 26.2. The van der Waals surface area contributed by atoms with Gasteiger partial charge in [0, 0.05) is 64.2 Å². The van der Waals surface area contributed by atoms with Gasteiger partial charge in [0.25, 0.3) is 0 Å². The number of piperazine rings is 1. The monoisotopic (exact) mass is 635 g/mol. The van der Waals surface area contributed by atoms with E-state index < -0.39 is 11.7 Å². The second kappa shape index (κ2) is 13.4. The summed E-state index contributed by atoms with van der Waals surface area (Å²) in [5.74, 6) is 1.02. The third-order valence-corrected chi connectivity index (χ3v) is 9.28. The van der Waals surface area contributed by atoms with Crippen LogP contribution < -0.4 is 4.74 Å². The molecule has 1 saturated heterocycles. The number of hydrogen-bond donors (Lipinski definition) is 2. The molecule has 0 bridgehead atoms. The summed E-state index contributed by atoms with van der Waals surface area (Å²) in [6.07, 6.45) is -1.83. The molecule has 4 aromatic rings. The van der Waals surface area contributed by atoms with Crippen LogP contribution in [0, 0.1) is 0 Å². The summed E-state index contributed by atoms with van der Waals surface area (Å²) in [5.41, 5.74) is 3.53. The molecule has 2 aromatic heterocycles.